The molecule has 2 aromatic rings. The zero-order valence-electron chi connectivity index (χ0n) is 11.5. The van der Waals surface area contributed by atoms with Crippen LogP contribution in [0.3, 0.4) is 0 Å². The molecular weight excluding hydrogens is 256 g/mol. The molecule has 106 valence electrons. The summed E-state index contributed by atoms with van der Waals surface area (Å²) in [5.41, 5.74) is 7.70. The summed E-state index contributed by atoms with van der Waals surface area (Å²) in [4.78, 5) is 0. The van der Waals surface area contributed by atoms with Gasteiger partial charge in [0.15, 0.2) is 17.3 Å². The highest BCUT2D eigenvalue weighted by atomic mass is 16.5. The molecule has 0 fully saturated rings. The van der Waals surface area contributed by atoms with Crippen LogP contribution in [0.2, 0.25) is 0 Å². The monoisotopic (exact) mass is 274 g/mol. The molecule has 1 aliphatic rings. The highest BCUT2D eigenvalue weighted by molar-refractivity contribution is 5.50. The van der Waals surface area contributed by atoms with Crippen LogP contribution >= 0.6 is 0 Å². The molecule has 2 N–H and O–H groups in total. The zero-order chi connectivity index (χ0) is 13.9. The third-order valence-corrected chi connectivity index (χ3v) is 3.26. The van der Waals surface area contributed by atoms with Crippen LogP contribution in [0.25, 0.3) is 5.69 Å². The molecule has 0 spiro atoms. The molecule has 2 heterocycles. The van der Waals surface area contributed by atoms with Gasteiger partial charge in [-0.3, -0.25) is 0 Å². The van der Waals surface area contributed by atoms with E-state index in [1.54, 1.807) is 4.68 Å². The van der Waals surface area contributed by atoms with Crippen LogP contribution in [0.5, 0.6) is 11.5 Å². The van der Waals surface area contributed by atoms with Gasteiger partial charge in [-0.15, -0.1) is 5.10 Å². The van der Waals surface area contributed by atoms with Crippen molar-refractivity contribution in [3.8, 4) is 17.2 Å². The van der Waals surface area contributed by atoms with Crippen LogP contribution in [0, 0.1) is 0 Å². The number of benzene rings is 1. The fourth-order valence-corrected chi connectivity index (χ4v) is 2.28. The summed E-state index contributed by atoms with van der Waals surface area (Å²) in [6.07, 6.45) is 2.72. The lowest BCUT2D eigenvalue weighted by molar-refractivity contribution is 0.297. The number of aromatic nitrogens is 3. The van der Waals surface area contributed by atoms with E-state index in [1.807, 2.05) is 18.2 Å². The largest absolute Gasteiger partial charge is 0.490 e. The number of hydrogen-bond acceptors (Lipinski definition) is 5. The normalized spacial score (nSPS) is 14.1. The topological polar surface area (TPSA) is 75.2 Å². The van der Waals surface area contributed by atoms with Crippen LogP contribution in [0.4, 0.5) is 5.82 Å². The van der Waals surface area contributed by atoms with Crippen molar-refractivity contribution < 1.29 is 9.47 Å². The average molecular weight is 274 g/mol. The highest BCUT2D eigenvalue weighted by Gasteiger charge is 2.15. The maximum Gasteiger partial charge on any atom is 0.169 e. The van der Waals surface area contributed by atoms with Gasteiger partial charge in [-0.2, -0.15) is 0 Å². The molecule has 0 saturated carbocycles. The fourth-order valence-electron chi connectivity index (χ4n) is 2.28. The number of anilines is 1. The van der Waals surface area contributed by atoms with Crippen LogP contribution in [-0.2, 0) is 6.42 Å². The highest BCUT2D eigenvalue weighted by Crippen LogP contribution is 2.32. The van der Waals surface area contributed by atoms with Gasteiger partial charge < -0.3 is 15.2 Å². The molecule has 6 nitrogen and oxygen atoms in total. The Labute approximate surface area is 117 Å². The van der Waals surface area contributed by atoms with Gasteiger partial charge in [0, 0.05) is 12.5 Å². The Balaban J connectivity index is 2.00. The Morgan fingerprint density at radius 3 is 2.85 bits per heavy atom. The minimum absolute atomic E-state index is 0.485. The third-order valence-electron chi connectivity index (χ3n) is 3.26. The van der Waals surface area contributed by atoms with E-state index in [2.05, 4.69) is 17.2 Å². The number of rotatable bonds is 3. The van der Waals surface area contributed by atoms with E-state index in [9.17, 15) is 0 Å². The second kappa shape index (κ2) is 5.40. The predicted molar refractivity (Wildman–Crippen MR) is 75.4 cm³/mol. The van der Waals surface area contributed by atoms with E-state index in [0.717, 1.165) is 42.1 Å². The molecular formula is C14H18N4O2. The Hall–Kier alpha value is -2.24. The lowest BCUT2D eigenvalue weighted by Crippen LogP contribution is -2.04. The van der Waals surface area contributed by atoms with Crippen LogP contribution in [-0.4, -0.2) is 28.2 Å². The molecule has 20 heavy (non-hydrogen) atoms. The molecule has 6 heteroatoms. The van der Waals surface area contributed by atoms with Crippen molar-refractivity contribution in [2.75, 3.05) is 18.9 Å². The molecule has 3 rings (SSSR count). The first-order valence-corrected chi connectivity index (χ1v) is 6.89. The standard InChI is InChI=1S/C14H18N4O2/c1-2-4-11-14(15)16-17-18(11)10-5-6-12-13(9-10)20-8-3-7-19-12/h5-6,9H,2-4,7-8,15H2,1H3. The minimum atomic E-state index is 0.485. The zero-order valence-corrected chi connectivity index (χ0v) is 11.5. The first kappa shape index (κ1) is 12.8. The molecule has 0 atom stereocenters. The first-order chi connectivity index (χ1) is 9.79. The van der Waals surface area contributed by atoms with Crippen molar-refractivity contribution in [3.05, 3.63) is 23.9 Å². The van der Waals surface area contributed by atoms with Gasteiger partial charge in [-0.05, 0) is 18.6 Å². The molecule has 0 aliphatic carbocycles. The number of nitrogens with zero attached hydrogens (tertiary/aromatic N) is 3. The molecule has 0 bridgehead atoms. The van der Waals surface area contributed by atoms with Crippen molar-refractivity contribution >= 4 is 5.82 Å². The number of nitrogens with two attached hydrogens (primary N) is 1. The number of fused-ring (bicyclic) bond motifs is 1. The number of ether oxygens (including phenoxy) is 2. The van der Waals surface area contributed by atoms with E-state index in [1.165, 1.54) is 0 Å². The van der Waals surface area contributed by atoms with Crippen molar-refractivity contribution in [2.45, 2.75) is 26.2 Å². The van der Waals surface area contributed by atoms with E-state index < -0.39 is 0 Å². The summed E-state index contributed by atoms with van der Waals surface area (Å²) in [6, 6.07) is 5.78. The Morgan fingerprint density at radius 2 is 2.05 bits per heavy atom. The van der Waals surface area contributed by atoms with Gasteiger partial charge in [-0.25, -0.2) is 4.68 Å². The van der Waals surface area contributed by atoms with Crippen molar-refractivity contribution in [1.82, 2.24) is 15.0 Å². The number of hydrogen-bond donors (Lipinski definition) is 1. The number of nitrogen functional groups attached to an aromatic ring is 1. The summed E-state index contributed by atoms with van der Waals surface area (Å²) < 4.78 is 13.1. The smallest absolute Gasteiger partial charge is 0.169 e. The van der Waals surface area contributed by atoms with Gasteiger partial charge in [0.2, 0.25) is 0 Å². The Kier molecular flexibility index (Phi) is 3.45. The second-order valence-electron chi connectivity index (χ2n) is 4.76. The van der Waals surface area contributed by atoms with Crippen molar-refractivity contribution in [2.24, 2.45) is 0 Å². The summed E-state index contributed by atoms with van der Waals surface area (Å²) >= 11 is 0. The molecule has 1 aromatic heterocycles. The van der Waals surface area contributed by atoms with E-state index in [0.29, 0.717) is 19.0 Å². The summed E-state index contributed by atoms with van der Waals surface area (Å²) in [7, 11) is 0. The third kappa shape index (κ3) is 2.29. The summed E-state index contributed by atoms with van der Waals surface area (Å²) in [5.74, 6) is 2.01. The SMILES string of the molecule is CCCc1c(N)nnn1-c1ccc2c(c1)OCCCO2. The van der Waals surface area contributed by atoms with Crippen LogP contribution in [0.1, 0.15) is 25.5 Å². The van der Waals surface area contributed by atoms with Crippen LogP contribution < -0.4 is 15.2 Å². The fraction of sp³-hybridized carbons (Fsp3) is 0.429. The molecule has 1 aromatic carbocycles. The molecule has 0 saturated heterocycles. The second-order valence-corrected chi connectivity index (χ2v) is 4.76. The summed E-state index contributed by atoms with van der Waals surface area (Å²) in [6.45, 7) is 3.45. The summed E-state index contributed by atoms with van der Waals surface area (Å²) in [5, 5.41) is 8.08. The molecule has 0 amide bonds. The molecule has 0 radical (unpaired) electrons. The predicted octanol–water partition coefficient (Wildman–Crippen LogP) is 1.96. The minimum Gasteiger partial charge on any atom is -0.490 e. The maximum absolute atomic E-state index is 5.88. The van der Waals surface area contributed by atoms with Crippen molar-refractivity contribution in [1.29, 1.82) is 0 Å². The van der Waals surface area contributed by atoms with E-state index in [4.69, 9.17) is 15.2 Å². The van der Waals surface area contributed by atoms with Gasteiger partial charge in [0.25, 0.3) is 0 Å². The average Bonchev–Trinajstić information content (AvgIpc) is 2.69. The lowest BCUT2D eigenvalue weighted by atomic mass is 10.2. The van der Waals surface area contributed by atoms with E-state index in [-0.39, 0.29) is 0 Å². The van der Waals surface area contributed by atoms with Crippen LogP contribution in [0.15, 0.2) is 18.2 Å². The molecule has 1 aliphatic heterocycles. The Morgan fingerprint density at radius 1 is 1.25 bits per heavy atom. The Bertz CT molecular complexity index is 609. The van der Waals surface area contributed by atoms with Gasteiger partial charge in [0.1, 0.15) is 0 Å². The molecule has 0 unspecified atom stereocenters. The quantitative estimate of drug-likeness (QED) is 0.926. The first-order valence-electron chi connectivity index (χ1n) is 6.89. The van der Waals surface area contributed by atoms with E-state index >= 15 is 0 Å². The maximum atomic E-state index is 5.88. The van der Waals surface area contributed by atoms with Gasteiger partial charge in [0.05, 0.1) is 24.6 Å². The van der Waals surface area contributed by atoms with Gasteiger partial charge >= 0.3 is 0 Å². The lowest BCUT2D eigenvalue weighted by Gasteiger charge is -2.10. The van der Waals surface area contributed by atoms with Gasteiger partial charge in [-0.1, -0.05) is 18.6 Å². The van der Waals surface area contributed by atoms with Crippen molar-refractivity contribution in [3.63, 3.8) is 0 Å².